The zero-order valence-electron chi connectivity index (χ0n) is 16.0. The molecule has 6 nitrogen and oxygen atoms in total. The van der Waals surface area contributed by atoms with Crippen molar-refractivity contribution in [2.45, 2.75) is 38.5 Å². The molecule has 1 unspecified atom stereocenters. The van der Waals surface area contributed by atoms with E-state index in [4.69, 9.17) is 4.74 Å². The SMILES string of the molecule is c1nc(N2CCOCC2)cc(N2CCCC(CN3CCCCCC3)C2)n1. The summed E-state index contributed by atoms with van der Waals surface area (Å²) in [6.07, 6.45) is 9.95. The first kappa shape index (κ1) is 18.0. The molecule has 0 spiro atoms. The van der Waals surface area contributed by atoms with Crippen LogP contribution in [0, 0.1) is 5.92 Å². The lowest BCUT2D eigenvalue weighted by atomic mass is 9.97. The summed E-state index contributed by atoms with van der Waals surface area (Å²) in [6.45, 7) is 9.55. The van der Waals surface area contributed by atoms with Crippen LogP contribution in [0.25, 0.3) is 0 Å². The average Bonchev–Trinajstić information content (AvgIpc) is 2.98. The fourth-order valence-electron chi connectivity index (χ4n) is 4.58. The fraction of sp³-hybridized carbons (Fsp3) is 0.800. The second kappa shape index (κ2) is 9.00. The van der Waals surface area contributed by atoms with Gasteiger partial charge < -0.3 is 19.4 Å². The van der Waals surface area contributed by atoms with Crippen LogP contribution in [-0.2, 0) is 4.74 Å². The molecule has 4 heterocycles. The molecule has 6 heteroatoms. The van der Waals surface area contributed by atoms with Crippen molar-refractivity contribution in [3.05, 3.63) is 12.4 Å². The summed E-state index contributed by atoms with van der Waals surface area (Å²) in [5, 5.41) is 0. The first-order valence-corrected chi connectivity index (χ1v) is 10.5. The molecule has 144 valence electrons. The molecule has 3 fully saturated rings. The summed E-state index contributed by atoms with van der Waals surface area (Å²) in [6, 6.07) is 2.18. The lowest BCUT2D eigenvalue weighted by molar-refractivity contribution is 0.122. The van der Waals surface area contributed by atoms with E-state index >= 15 is 0 Å². The molecule has 0 aromatic carbocycles. The van der Waals surface area contributed by atoms with Gasteiger partial charge in [-0.2, -0.15) is 0 Å². The number of piperidine rings is 1. The van der Waals surface area contributed by atoms with Gasteiger partial charge in [-0.05, 0) is 44.7 Å². The third-order valence-electron chi connectivity index (χ3n) is 6.03. The van der Waals surface area contributed by atoms with Gasteiger partial charge in [-0.1, -0.05) is 12.8 Å². The van der Waals surface area contributed by atoms with Gasteiger partial charge in [0.25, 0.3) is 0 Å². The molecule has 26 heavy (non-hydrogen) atoms. The zero-order chi connectivity index (χ0) is 17.6. The van der Waals surface area contributed by atoms with Crippen LogP contribution in [0.3, 0.4) is 0 Å². The predicted molar refractivity (Wildman–Crippen MR) is 105 cm³/mol. The monoisotopic (exact) mass is 359 g/mol. The van der Waals surface area contributed by atoms with Crippen LogP contribution >= 0.6 is 0 Å². The normalized spacial score (nSPS) is 25.9. The van der Waals surface area contributed by atoms with E-state index < -0.39 is 0 Å². The van der Waals surface area contributed by atoms with Crippen LogP contribution in [0.5, 0.6) is 0 Å². The van der Waals surface area contributed by atoms with Gasteiger partial charge in [-0.25, -0.2) is 9.97 Å². The highest BCUT2D eigenvalue weighted by molar-refractivity contribution is 5.50. The van der Waals surface area contributed by atoms with Crippen molar-refractivity contribution in [1.29, 1.82) is 0 Å². The summed E-state index contributed by atoms with van der Waals surface area (Å²) >= 11 is 0. The number of aromatic nitrogens is 2. The van der Waals surface area contributed by atoms with Crippen LogP contribution < -0.4 is 9.80 Å². The number of likely N-dealkylation sites (tertiary alicyclic amines) is 1. The van der Waals surface area contributed by atoms with Crippen LogP contribution in [0.2, 0.25) is 0 Å². The molecule has 1 atom stereocenters. The van der Waals surface area contributed by atoms with Crippen molar-refractivity contribution >= 4 is 11.6 Å². The van der Waals surface area contributed by atoms with E-state index in [1.165, 1.54) is 58.2 Å². The van der Waals surface area contributed by atoms with E-state index in [2.05, 4.69) is 30.7 Å². The molecule has 0 bridgehead atoms. The summed E-state index contributed by atoms with van der Waals surface area (Å²) in [5.74, 6) is 2.92. The fourth-order valence-corrected chi connectivity index (χ4v) is 4.58. The molecular weight excluding hydrogens is 326 g/mol. The van der Waals surface area contributed by atoms with Crippen molar-refractivity contribution in [3.8, 4) is 0 Å². The maximum atomic E-state index is 5.46. The van der Waals surface area contributed by atoms with E-state index in [0.29, 0.717) is 0 Å². The van der Waals surface area contributed by atoms with Gasteiger partial charge in [0.05, 0.1) is 13.2 Å². The molecule has 4 rings (SSSR count). The van der Waals surface area contributed by atoms with Crippen LogP contribution in [0.15, 0.2) is 12.4 Å². The number of hydrogen-bond donors (Lipinski definition) is 0. The highest BCUT2D eigenvalue weighted by atomic mass is 16.5. The highest BCUT2D eigenvalue weighted by Crippen LogP contribution is 2.25. The van der Waals surface area contributed by atoms with Crippen molar-refractivity contribution in [2.24, 2.45) is 5.92 Å². The minimum absolute atomic E-state index is 0.767. The number of anilines is 2. The molecule has 0 N–H and O–H groups in total. The van der Waals surface area contributed by atoms with Crippen LogP contribution in [0.4, 0.5) is 11.6 Å². The van der Waals surface area contributed by atoms with E-state index in [1.54, 1.807) is 6.33 Å². The first-order chi connectivity index (χ1) is 12.9. The molecule has 0 radical (unpaired) electrons. The van der Waals surface area contributed by atoms with Crippen molar-refractivity contribution < 1.29 is 4.74 Å². The zero-order valence-corrected chi connectivity index (χ0v) is 16.0. The maximum Gasteiger partial charge on any atom is 0.134 e. The van der Waals surface area contributed by atoms with Crippen LogP contribution in [-0.4, -0.2) is 73.9 Å². The smallest absolute Gasteiger partial charge is 0.134 e. The first-order valence-electron chi connectivity index (χ1n) is 10.5. The van der Waals surface area contributed by atoms with Gasteiger partial charge in [0.1, 0.15) is 18.0 Å². The molecule has 3 aliphatic heterocycles. The van der Waals surface area contributed by atoms with E-state index in [9.17, 15) is 0 Å². The lowest BCUT2D eigenvalue weighted by Crippen LogP contribution is -2.42. The Balaban J connectivity index is 1.37. The summed E-state index contributed by atoms with van der Waals surface area (Å²) in [4.78, 5) is 16.6. The average molecular weight is 360 g/mol. The molecule has 1 aromatic rings. The molecule has 0 saturated carbocycles. The van der Waals surface area contributed by atoms with Gasteiger partial charge >= 0.3 is 0 Å². The minimum atomic E-state index is 0.767. The number of nitrogens with zero attached hydrogens (tertiary/aromatic N) is 5. The maximum absolute atomic E-state index is 5.46. The van der Waals surface area contributed by atoms with Gasteiger partial charge in [0.2, 0.25) is 0 Å². The van der Waals surface area contributed by atoms with Crippen molar-refractivity contribution in [1.82, 2.24) is 14.9 Å². The van der Waals surface area contributed by atoms with Gasteiger partial charge in [-0.15, -0.1) is 0 Å². The topological polar surface area (TPSA) is 44.7 Å². The molecule has 1 aromatic heterocycles. The van der Waals surface area contributed by atoms with Crippen molar-refractivity contribution in [3.63, 3.8) is 0 Å². The Morgan fingerprint density at radius 1 is 0.846 bits per heavy atom. The van der Waals surface area contributed by atoms with E-state index in [1.807, 2.05) is 0 Å². The number of morpholine rings is 1. The third-order valence-corrected chi connectivity index (χ3v) is 6.03. The Morgan fingerprint density at radius 2 is 1.58 bits per heavy atom. The molecule has 3 aliphatic rings. The Hall–Kier alpha value is -1.40. The summed E-state index contributed by atoms with van der Waals surface area (Å²) < 4.78 is 5.46. The Morgan fingerprint density at radius 3 is 2.35 bits per heavy atom. The van der Waals surface area contributed by atoms with Gasteiger partial charge in [0.15, 0.2) is 0 Å². The molecule has 0 amide bonds. The van der Waals surface area contributed by atoms with Gasteiger partial charge in [0, 0.05) is 38.8 Å². The molecule has 0 aliphatic carbocycles. The summed E-state index contributed by atoms with van der Waals surface area (Å²) in [5.41, 5.74) is 0. The second-order valence-electron chi connectivity index (χ2n) is 8.00. The van der Waals surface area contributed by atoms with E-state index in [-0.39, 0.29) is 0 Å². The minimum Gasteiger partial charge on any atom is -0.378 e. The van der Waals surface area contributed by atoms with E-state index in [0.717, 1.165) is 56.9 Å². The second-order valence-corrected chi connectivity index (χ2v) is 8.00. The Kier molecular flexibility index (Phi) is 6.22. The standard InChI is InChI=1S/C20H33N5O/c1-2-4-8-23(7-3-1)15-18-6-5-9-25(16-18)20-14-19(21-17-22-20)24-10-12-26-13-11-24/h14,17-18H,1-13,15-16H2. The third kappa shape index (κ3) is 4.65. The quantitative estimate of drug-likeness (QED) is 0.823. The van der Waals surface area contributed by atoms with Crippen molar-refractivity contribution in [2.75, 3.05) is 68.8 Å². The van der Waals surface area contributed by atoms with Crippen LogP contribution in [0.1, 0.15) is 38.5 Å². The molecule has 3 saturated heterocycles. The number of hydrogen-bond acceptors (Lipinski definition) is 6. The largest absolute Gasteiger partial charge is 0.378 e. The summed E-state index contributed by atoms with van der Waals surface area (Å²) in [7, 11) is 0. The predicted octanol–water partition coefficient (Wildman–Crippen LogP) is 2.41. The highest BCUT2D eigenvalue weighted by Gasteiger charge is 2.24. The Bertz CT molecular complexity index is 555. The number of rotatable bonds is 4. The lowest BCUT2D eigenvalue weighted by Gasteiger charge is -2.36. The number of ether oxygens (including phenoxy) is 1. The van der Waals surface area contributed by atoms with Gasteiger partial charge in [-0.3, -0.25) is 0 Å². The molecular formula is C20H33N5O. The Labute approximate surface area is 157 Å².